The van der Waals surface area contributed by atoms with Crippen molar-refractivity contribution in [1.29, 1.82) is 0 Å². The summed E-state index contributed by atoms with van der Waals surface area (Å²) in [6.45, 7) is 5.93. The minimum absolute atomic E-state index is 0.166. The number of amides is 1. The predicted molar refractivity (Wildman–Crippen MR) is 97.0 cm³/mol. The summed E-state index contributed by atoms with van der Waals surface area (Å²) < 4.78 is 1.82. The number of nitrogens with one attached hydrogen (secondary N) is 1. The Bertz CT molecular complexity index is 827. The van der Waals surface area contributed by atoms with E-state index in [1.165, 1.54) is 11.8 Å². The Morgan fingerprint density at radius 1 is 1.52 bits per heavy atom. The van der Waals surface area contributed by atoms with Gasteiger partial charge in [-0.3, -0.25) is 4.79 Å². The fraction of sp³-hybridized carbons (Fsp3) is 0.529. The molecule has 3 heterocycles. The van der Waals surface area contributed by atoms with E-state index in [2.05, 4.69) is 22.3 Å². The number of rotatable bonds is 5. The van der Waals surface area contributed by atoms with E-state index >= 15 is 0 Å². The molecule has 8 heteroatoms. The van der Waals surface area contributed by atoms with Gasteiger partial charge in [0.05, 0.1) is 23.2 Å². The van der Waals surface area contributed by atoms with E-state index in [-0.39, 0.29) is 11.9 Å². The number of carbonyl (C=O) groups excluding carboxylic acids is 1. The van der Waals surface area contributed by atoms with Crippen LogP contribution in [-0.4, -0.2) is 48.8 Å². The van der Waals surface area contributed by atoms with E-state index in [1.54, 1.807) is 12.3 Å². The second-order valence-corrected chi connectivity index (χ2v) is 7.64. The SMILES string of the molecule is CCC(C)n1ncc2c(C(=O)NC3(C(=O)O)CCSC3)cc(C)nc21. The van der Waals surface area contributed by atoms with Gasteiger partial charge in [0, 0.05) is 11.4 Å². The molecule has 1 aliphatic rings. The third kappa shape index (κ3) is 3.10. The van der Waals surface area contributed by atoms with Gasteiger partial charge in [-0.25, -0.2) is 14.5 Å². The van der Waals surface area contributed by atoms with Crippen molar-refractivity contribution in [2.24, 2.45) is 0 Å². The molecule has 134 valence electrons. The molecule has 1 aliphatic heterocycles. The summed E-state index contributed by atoms with van der Waals surface area (Å²) in [5, 5.41) is 17.4. The normalized spacial score (nSPS) is 21.4. The van der Waals surface area contributed by atoms with E-state index in [4.69, 9.17) is 0 Å². The van der Waals surface area contributed by atoms with Crippen molar-refractivity contribution in [3.63, 3.8) is 0 Å². The van der Waals surface area contributed by atoms with Crippen LogP contribution in [0.3, 0.4) is 0 Å². The van der Waals surface area contributed by atoms with E-state index in [0.717, 1.165) is 12.2 Å². The highest BCUT2D eigenvalue weighted by Crippen LogP contribution is 2.29. The molecule has 0 aromatic carbocycles. The maximum Gasteiger partial charge on any atom is 0.330 e. The van der Waals surface area contributed by atoms with Crippen molar-refractivity contribution in [2.75, 3.05) is 11.5 Å². The number of aliphatic carboxylic acids is 1. The van der Waals surface area contributed by atoms with Crippen LogP contribution in [0.5, 0.6) is 0 Å². The van der Waals surface area contributed by atoms with Gasteiger partial charge in [-0.2, -0.15) is 16.9 Å². The second kappa shape index (κ2) is 6.67. The van der Waals surface area contributed by atoms with Crippen molar-refractivity contribution in [1.82, 2.24) is 20.1 Å². The summed E-state index contributed by atoms with van der Waals surface area (Å²) in [5.41, 5.74) is 0.588. The van der Waals surface area contributed by atoms with Gasteiger partial charge in [0.2, 0.25) is 0 Å². The molecule has 2 unspecified atom stereocenters. The van der Waals surface area contributed by atoms with Crippen LogP contribution in [0.25, 0.3) is 11.0 Å². The van der Waals surface area contributed by atoms with Crippen LogP contribution in [0.4, 0.5) is 0 Å². The summed E-state index contributed by atoms with van der Waals surface area (Å²) in [7, 11) is 0. The van der Waals surface area contributed by atoms with Crippen molar-refractivity contribution in [3.8, 4) is 0 Å². The summed E-state index contributed by atoms with van der Waals surface area (Å²) in [5.74, 6) is -0.260. The van der Waals surface area contributed by atoms with Gasteiger partial charge in [-0.05, 0) is 38.5 Å². The van der Waals surface area contributed by atoms with Crippen molar-refractivity contribution in [2.45, 2.75) is 45.2 Å². The number of fused-ring (bicyclic) bond motifs is 1. The quantitative estimate of drug-likeness (QED) is 0.848. The third-order valence-corrected chi connectivity index (χ3v) is 5.92. The minimum Gasteiger partial charge on any atom is -0.479 e. The molecule has 2 atom stereocenters. The summed E-state index contributed by atoms with van der Waals surface area (Å²) in [6, 6.07) is 1.86. The number of carboxylic acids is 1. The molecule has 2 aromatic heterocycles. The average Bonchev–Trinajstić information content (AvgIpc) is 3.21. The maximum absolute atomic E-state index is 12.9. The van der Waals surface area contributed by atoms with Crippen LogP contribution < -0.4 is 5.32 Å². The molecule has 0 spiro atoms. The summed E-state index contributed by atoms with van der Waals surface area (Å²) >= 11 is 1.54. The first-order valence-corrected chi connectivity index (χ1v) is 9.52. The first-order chi connectivity index (χ1) is 11.9. The average molecular weight is 362 g/mol. The highest BCUT2D eigenvalue weighted by molar-refractivity contribution is 7.99. The molecule has 0 aliphatic carbocycles. The lowest BCUT2D eigenvalue weighted by atomic mass is 9.98. The van der Waals surface area contributed by atoms with Crippen LogP contribution in [-0.2, 0) is 4.79 Å². The molecule has 0 bridgehead atoms. The van der Waals surface area contributed by atoms with Crippen LogP contribution in [0.2, 0.25) is 0 Å². The van der Waals surface area contributed by atoms with E-state index in [9.17, 15) is 14.7 Å². The Kier molecular flexibility index (Phi) is 4.73. The number of pyridine rings is 1. The number of hydrogen-bond donors (Lipinski definition) is 2. The molecule has 1 fully saturated rings. The molecule has 0 radical (unpaired) electrons. The molecule has 1 amide bonds. The fourth-order valence-corrected chi connectivity index (χ4v) is 4.32. The topological polar surface area (TPSA) is 97.1 Å². The maximum atomic E-state index is 12.9. The van der Waals surface area contributed by atoms with Crippen LogP contribution in [0.15, 0.2) is 12.3 Å². The van der Waals surface area contributed by atoms with Gasteiger partial charge in [0.1, 0.15) is 5.54 Å². The molecule has 0 saturated carbocycles. The number of hydrogen-bond acceptors (Lipinski definition) is 5. The van der Waals surface area contributed by atoms with Gasteiger partial charge >= 0.3 is 5.97 Å². The predicted octanol–water partition coefficient (Wildman–Crippen LogP) is 2.40. The summed E-state index contributed by atoms with van der Waals surface area (Å²) in [6.07, 6.45) is 2.96. The van der Waals surface area contributed by atoms with Crippen LogP contribution in [0, 0.1) is 6.92 Å². The lowest BCUT2D eigenvalue weighted by Crippen LogP contribution is -2.54. The Balaban J connectivity index is 2.02. The molecule has 7 nitrogen and oxygen atoms in total. The van der Waals surface area contributed by atoms with Crippen molar-refractivity contribution in [3.05, 3.63) is 23.5 Å². The van der Waals surface area contributed by atoms with Crippen LogP contribution >= 0.6 is 11.8 Å². The van der Waals surface area contributed by atoms with E-state index < -0.39 is 11.5 Å². The lowest BCUT2D eigenvalue weighted by molar-refractivity contribution is -0.143. The monoisotopic (exact) mass is 362 g/mol. The van der Waals surface area contributed by atoms with Gasteiger partial charge in [0.15, 0.2) is 5.65 Å². The lowest BCUT2D eigenvalue weighted by Gasteiger charge is -2.24. The first-order valence-electron chi connectivity index (χ1n) is 8.36. The fourth-order valence-electron chi connectivity index (χ4n) is 3.00. The van der Waals surface area contributed by atoms with Gasteiger partial charge in [0.25, 0.3) is 5.91 Å². The van der Waals surface area contributed by atoms with E-state index in [1.807, 2.05) is 18.5 Å². The van der Waals surface area contributed by atoms with Crippen molar-refractivity contribution >= 4 is 34.7 Å². The smallest absolute Gasteiger partial charge is 0.330 e. The Morgan fingerprint density at radius 3 is 2.88 bits per heavy atom. The van der Waals surface area contributed by atoms with Gasteiger partial charge < -0.3 is 10.4 Å². The highest BCUT2D eigenvalue weighted by Gasteiger charge is 2.43. The largest absolute Gasteiger partial charge is 0.479 e. The zero-order valence-electron chi connectivity index (χ0n) is 14.6. The third-order valence-electron chi connectivity index (χ3n) is 4.73. The molecular formula is C17H22N4O3S. The molecular weight excluding hydrogens is 340 g/mol. The molecule has 2 aromatic rings. The van der Waals surface area contributed by atoms with Gasteiger partial charge in [-0.15, -0.1) is 0 Å². The second-order valence-electron chi connectivity index (χ2n) is 6.54. The van der Waals surface area contributed by atoms with E-state index in [0.29, 0.717) is 34.5 Å². The number of aromatic nitrogens is 3. The Labute approximate surface area is 150 Å². The Hall–Kier alpha value is -2.09. The molecule has 2 N–H and O–H groups in total. The zero-order valence-corrected chi connectivity index (χ0v) is 15.4. The number of nitrogens with zero attached hydrogens (tertiary/aromatic N) is 3. The number of aryl methyl sites for hydroxylation is 1. The number of carboxylic acid groups (broad SMARTS) is 1. The van der Waals surface area contributed by atoms with Crippen LogP contribution in [0.1, 0.15) is 48.8 Å². The number of thioether (sulfide) groups is 1. The van der Waals surface area contributed by atoms with Gasteiger partial charge in [-0.1, -0.05) is 6.92 Å². The zero-order chi connectivity index (χ0) is 18.2. The molecule has 1 saturated heterocycles. The first kappa shape index (κ1) is 17.7. The van der Waals surface area contributed by atoms with Crippen molar-refractivity contribution < 1.29 is 14.7 Å². The molecule has 25 heavy (non-hydrogen) atoms. The Morgan fingerprint density at radius 2 is 2.28 bits per heavy atom. The summed E-state index contributed by atoms with van der Waals surface area (Å²) in [4.78, 5) is 29.1. The minimum atomic E-state index is -1.20. The standard InChI is InChI=1S/C17H22N4O3S/c1-4-11(3)21-14-13(8-18-21)12(7-10(2)19-14)15(22)20-17(16(23)24)5-6-25-9-17/h7-8,11H,4-6,9H2,1-3H3,(H,20,22)(H,23,24). The number of carbonyl (C=O) groups is 2. The molecule has 3 rings (SSSR count). The highest BCUT2D eigenvalue weighted by atomic mass is 32.2.